The molecule has 1 N–H and O–H groups in total. The van der Waals surface area contributed by atoms with Crippen LogP contribution in [0.2, 0.25) is 0 Å². The first-order chi connectivity index (χ1) is 11.7. The van der Waals surface area contributed by atoms with Crippen LogP contribution in [0.3, 0.4) is 0 Å². The lowest BCUT2D eigenvalue weighted by Crippen LogP contribution is -2.17. The van der Waals surface area contributed by atoms with Gasteiger partial charge in [-0.25, -0.2) is 0 Å². The van der Waals surface area contributed by atoms with Crippen LogP contribution < -0.4 is 5.32 Å². The minimum Gasteiger partial charge on any atom is -0.312 e. The Morgan fingerprint density at radius 2 is 1.92 bits per heavy atom. The van der Waals surface area contributed by atoms with E-state index in [4.69, 9.17) is 0 Å². The molecule has 0 atom stereocenters. The van der Waals surface area contributed by atoms with E-state index in [9.17, 15) is 0 Å². The molecule has 126 valence electrons. The summed E-state index contributed by atoms with van der Waals surface area (Å²) in [5.74, 6) is 0. The Morgan fingerprint density at radius 3 is 2.67 bits per heavy atom. The van der Waals surface area contributed by atoms with Gasteiger partial charge in [-0.3, -0.25) is 9.36 Å². The van der Waals surface area contributed by atoms with Crippen molar-refractivity contribution in [3.63, 3.8) is 0 Å². The zero-order chi connectivity index (χ0) is 16.8. The number of aromatic nitrogens is 4. The van der Waals surface area contributed by atoms with E-state index in [1.807, 2.05) is 23.9 Å². The first kappa shape index (κ1) is 16.5. The normalized spacial score (nSPS) is 11.1. The Kier molecular flexibility index (Phi) is 5.43. The van der Waals surface area contributed by atoms with Crippen LogP contribution >= 0.6 is 0 Å². The smallest absolute Gasteiger partial charge is 0.0659 e. The van der Waals surface area contributed by atoms with Gasteiger partial charge in [0.1, 0.15) is 0 Å². The SMILES string of the molecule is Cc1cc(C)n(CCCNCc2cnn(Cc3ccccc3)c2)n1. The molecule has 0 bridgehead atoms. The second-order valence-electron chi connectivity index (χ2n) is 6.21. The van der Waals surface area contributed by atoms with E-state index in [1.54, 1.807) is 0 Å². The zero-order valence-electron chi connectivity index (χ0n) is 14.4. The van der Waals surface area contributed by atoms with Gasteiger partial charge in [0.2, 0.25) is 0 Å². The number of hydrogen-bond donors (Lipinski definition) is 1. The number of rotatable bonds is 8. The molecule has 2 aromatic heterocycles. The molecule has 3 aromatic rings. The van der Waals surface area contributed by atoms with E-state index in [0.717, 1.165) is 38.3 Å². The van der Waals surface area contributed by atoms with Crippen molar-refractivity contribution in [3.8, 4) is 0 Å². The molecular weight excluding hydrogens is 298 g/mol. The average Bonchev–Trinajstić information content (AvgIpc) is 3.14. The highest BCUT2D eigenvalue weighted by Gasteiger charge is 2.01. The van der Waals surface area contributed by atoms with Crippen molar-refractivity contribution in [1.29, 1.82) is 0 Å². The summed E-state index contributed by atoms with van der Waals surface area (Å²) in [5, 5.41) is 12.4. The molecule has 1 aromatic carbocycles. The van der Waals surface area contributed by atoms with E-state index in [1.165, 1.54) is 16.8 Å². The molecular formula is C19H25N5. The number of benzene rings is 1. The summed E-state index contributed by atoms with van der Waals surface area (Å²) in [5.41, 5.74) is 4.81. The Bertz CT molecular complexity index is 757. The molecule has 0 unspecified atom stereocenters. The Labute approximate surface area is 143 Å². The van der Waals surface area contributed by atoms with E-state index in [0.29, 0.717) is 0 Å². The van der Waals surface area contributed by atoms with Crippen molar-refractivity contribution >= 4 is 0 Å². The first-order valence-corrected chi connectivity index (χ1v) is 8.48. The topological polar surface area (TPSA) is 47.7 Å². The van der Waals surface area contributed by atoms with Crippen LogP contribution in [-0.4, -0.2) is 26.1 Å². The molecule has 24 heavy (non-hydrogen) atoms. The maximum absolute atomic E-state index is 4.48. The molecule has 2 heterocycles. The fourth-order valence-electron chi connectivity index (χ4n) is 2.84. The predicted octanol–water partition coefficient (Wildman–Crippen LogP) is 2.92. The molecule has 5 heteroatoms. The Balaban J connectivity index is 1.39. The molecule has 3 rings (SSSR count). The molecule has 5 nitrogen and oxygen atoms in total. The molecule has 0 aliphatic carbocycles. The number of aryl methyl sites for hydroxylation is 3. The molecule has 0 saturated heterocycles. The molecule has 0 spiro atoms. The van der Waals surface area contributed by atoms with Crippen molar-refractivity contribution in [2.45, 2.75) is 39.9 Å². The monoisotopic (exact) mass is 323 g/mol. The minimum atomic E-state index is 0.818. The Hall–Kier alpha value is -2.40. The van der Waals surface area contributed by atoms with Gasteiger partial charge in [0.05, 0.1) is 18.4 Å². The zero-order valence-corrected chi connectivity index (χ0v) is 14.4. The summed E-state index contributed by atoms with van der Waals surface area (Å²) in [4.78, 5) is 0. The third-order valence-corrected chi connectivity index (χ3v) is 4.03. The van der Waals surface area contributed by atoms with Gasteiger partial charge in [0.25, 0.3) is 0 Å². The highest BCUT2D eigenvalue weighted by molar-refractivity contribution is 5.15. The standard InChI is InChI=1S/C19H25N5/c1-16-11-17(2)24(22-16)10-6-9-20-12-19-13-21-23(15-19)14-18-7-4-3-5-8-18/h3-5,7-8,11,13,15,20H,6,9-10,12,14H2,1-2H3. The number of hydrogen-bond acceptors (Lipinski definition) is 3. The summed E-state index contributed by atoms with van der Waals surface area (Å²) < 4.78 is 4.07. The lowest BCUT2D eigenvalue weighted by molar-refractivity contribution is 0.532. The van der Waals surface area contributed by atoms with Gasteiger partial charge >= 0.3 is 0 Å². The van der Waals surface area contributed by atoms with E-state index in [-0.39, 0.29) is 0 Å². The molecule has 0 radical (unpaired) electrons. The van der Waals surface area contributed by atoms with Crippen LogP contribution in [-0.2, 0) is 19.6 Å². The van der Waals surface area contributed by atoms with Crippen LogP contribution in [0.15, 0.2) is 48.8 Å². The molecule has 0 aliphatic rings. The van der Waals surface area contributed by atoms with Crippen LogP contribution in [0.1, 0.15) is 28.9 Å². The maximum Gasteiger partial charge on any atom is 0.0659 e. The van der Waals surface area contributed by atoms with E-state index < -0.39 is 0 Å². The van der Waals surface area contributed by atoms with Crippen molar-refractivity contribution in [2.75, 3.05) is 6.54 Å². The van der Waals surface area contributed by atoms with Crippen molar-refractivity contribution in [1.82, 2.24) is 24.9 Å². The van der Waals surface area contributed by atoms with Crippen molar-refractivity contribution in [3.05, 3.63) is 71.3 Å². The summed E-state index contributed by atoms with van der Waals surface area (Å²) in [6.45, 7) is 7.75. The fraction of sp³-hybridized carbons (Fsp3) is 0.368. The van der Waals surface area contributed by atoms with Crippen molar-refractivity contribution < 1.29 is 0 Å². The average molecular weight is 323 g/mol. The number of nitrogens with zero attached hydrogens (tertiary/aromatic N) is 4. The van der Waals surface area contributed by atoms with Gasteiger partial charge in [-0.15, -0.1) is 0 Å². The van der Waals surface area contributed by atoms with Crippen LogP contribution in [0.4, 0.5) is 0 Å². The highest BCUT2D eigenvalue weighted by atomic mass is 15.3. The van der Waals surface area contributed by atoms with Gasteiger partial charge in [0, 0.05) is 30.5 Å². The molecule has 0 amide bonds. The molecule has 0 aliphatic heterocycles. The van der Waals surface area contributed by atoms with Gasteiger partial charge in [-0.1, -0.05) is 30.3 Å². The fourth-order valence-corrected chi connectivity index (χ4v) is 2.84. The van der Waals surface area contributed by atoms with Gasteiger partial charge in [-0.2, -0.15) is 10.2 Å². The third kappa shape index (κ3) is 4.55. The van der Waals surface area contributed by atoms with Crippen molar-refractivity contribution in [2.24, 2.45) is 0 Å². The van der Waals surface area contributed by atoms with Crippen LogP contribution in [0.5, 0.6) is 0 Å². The third-order valence-electron chi connectivity index (χ3n) is 4.03. The minimum absolute atomic E-state index is 0.818. The number of nitrogens with one attached hydrogen (secondary N) is 1. The lowest BCUT2D eigenvalue weighted by atomic mass is 10.2. The van der Waals surface area contributed by atoms with E-state index in [2.05, 4.69) is 63.6 Å². The van der Waals surface area contributed by atoms with Crippen LogP contribution in [0, 0.1) is 13.8 Å². The maximum atomic E-state index is 4.48. The predicted molar refractivity (Wildman–Crippen MR) is 95.8 cm³/mol. The lowest BCUT2D eigenvalue weighted by Gasteiger charge is -2.05. The van der Waals surface area contributed by atoms with Gasteiger partial charge < -0.3 is 5.32 Å². The second kappa shape index (κ2) is 7.93. The first-order valence-electron chi connectivity index (χ1n) is 8.48. The summed E-state index contributed by atoms with van der Waals surface area (Å²) in [6, 6.07) is 12.5. The highest BCUT2D eigenvalue weighted by Crippen LogP contribution is 2.04. The summed E-state index contributed by atoms with van der Waals surface area (Å²) in [7, 11) is 0. The summed E-state index contributed by atoms with van der Waals surface area (Å²) >= 11 is 0. The second-order valence-corrected chi connectivity index (χ2v) is 6.21. The quantitative estimate of drug-likeness (QED) is 0.648. The van der Waals surface area contributed by atoms with E-state index >= 15 is 0 Å². The molecule has 0 fully saturated rings. The van der Waals surface area contributed by atoms with Gasteiger partial charge in [0.15, 0.2) is 0 Å². The Morgan fingerprint density at radius 1 is 1.08 bits per heavy atom. The van der Waals surface area contributed by atoms with Crippen LogP contribution in [0.25, 0.3) is 0 Å². The summed E-state index contributed by atoms with van der Waals surface area (Å²) in [6.07, 6.45) is 5.12. The molecule has 0 saturated carbocycles. The van der Waals surface area contributed by atoms with Gasteiger partial charge in [-0.05, 0) is 38.4 Å². The largest absolute Gasteiger partial charge is 0.312 e.